The number of nitrogens with zero attached hydrogens (tertiary/aromatic N) is 2. The van der Waals surface area contributed by atoms with Crippen LogP contribution in [0.4, 0.5) is 11.4 Å². The molecule has 1 amide bonds. The fraction of sp³-hybridized carbons (Fsp3) is 0.167. The van der Waals surface area contributed by atoms with Crippen LogP contribution in [0.5, 0.6) is 5.75 Å². The molecule has 0 spiro atoms. The number of aliphatic hydroxyl groups excluding tert-OH is 1. The van der Waals surface area contributed by atoms with Gasteiger partial charge in [-0.15, -0.1) is 0 Å². The van der Waals surface area contributed by atoms with Crippen LogP contribution in [0, 0.1) is 0 Å². The van der Waals surface area contributed by atoms with Gasteiger partial charge in [-0.2, -0.15) is 0 Å². The Morgan fingerprint density at radius 3 is 2.62 bits per heavy atom. The fourth-order valence-corrected chi connectivity index (χ4v) is 4.20. The van der Waals surface area contributed by atoms with Gasteiger partial charge in [-0.3, -0.25) is 14.5 Å². The zero-order valence-electron chi connectivity index (χ0n) is 17.1. The number of carbonyl (C=O) groups excluding carboxylic acids is 2. The highest BCUT2D eigenvalue weighted by Gasteiger charge is 2.48. The molecular formula is C24H19ClN2O5. The van der Waals surface area contributed by atoms with Crippen molar-refractivity contribution < 1.29 is 23.8 Å². The summed E-state index contributed by atoms with van der Waals surface area (Å²) in [7, 11) is 1.92. The summed E-state index contributed by atoms with van der Waals surface area (Å²) in [5.41, 5.74) is 1.63. The number of amides is 1. The van der Waals surface area contributed by atoms with Gasteiger partial charge in [0, 0.05) is 23.3 Å². The van der Waals surface area contributed by atoms with Gasteiger partial charge in [0.15, 0.2) is 0 Å². The first kappa shape index (κ1) is 20.2. The zero-order chi connectivity index (χ0) is 22.4. The molecule has 0 bridgehead atoms. The van der Waals surface area contributed by atoms with E-state index in [2.05, 4.69) is 0 Å². The van der Waals surface area contributed by atoms with Gasteiger partial charge in [-0.05, 0) is 54.6 Å². The number of anilines is 2. The molecule has 1 atom stereocenters. The third-order valence-corrected chi connectivity index (χ3v) is 5.94. The Labute approximate surface area is 189 Å². The topological polar surface area (TPSA) is 83.2 Å². The van der Waals surface area contributed by atoms with E-state index in [1.54, 1.807) is 54.6 Å². The molecule has 1 fully saturated rings. The number of fused-ring (bicyclic) bond motifs is 1. The Bertz CT molecular complexity index is 1230. The quantitative estimate of drug-likeness (QED) is 0.362. The summed E-state index contributed by atoms with van der Waals surface area (Å²) in [5, 5.41) is 11.7. The third-order valence-electron chi connectivity index (χ3n) is 5.69. The lowest BCUT2D eigenvalue weighted by molar-refractivity contribution is -0.132. The summed E-state index contributed by atoms with van der Waals surface area (Å²) in [6, 6.07) is 14.1. The summed E-state index contributed by atoms with van der Waals surface area (Å²) in [5.74, 6) is -0.767. The molecule has 0 radical (unpaired) electrons. The SMILES string of the molecule is CN1CCOc2ccc(/C(O)=C3/C(=O)C(=O)N(c4ccc(Cl)cc4)C3c3ccco3)cc21. The highest BCUT2D eigenvalue weighted by Crippen LogP contribution is 2.43. The predicted molar refractivity (Wildman–Crippen MR) is 120 cm³/mol. The Morgan fingerprint density at radius 2 is 1.91 bits per heavy atom. The van der Waals surface area contributed by atoms with Crippen LogP contribution in [-0.4, -0.2) is 37.0 Å². The van der Waals surface area contributed by atoms with E-state index in [4.69, 9.17) is 20.8 Å². The van der Waals surface area contributed by atoms with Crippen molar-refractivity contribution in [1.29, 1.82) is 0 Å². The maximum absolute atomic E-state index is 13.1. The molecule has 0 saturated carbocycles. The molecular weight excluding hydrogens is 432 g/mol. The van der Waals surface area contributed by atoms with Crippen molar-refractivity contribution >= 4 is 40.4 Å². The van der Waals surface area contributed by atoms with Crippen molar-refractivity contribution in [3.63, 3.8) is 0 Å². The first-order chi connectivity index (χ1) is 15.5. The van der Waals surface area contributed by atoms with E-state index in [0.717, 1.165) is 5.69 Å². The normalized spacial score (nSPS) is 19.8. The van der Waals surface area contributed by atoms with Crippen LogP contribution in [0.1, 0.15) is 17.4 Å². The molecule has 2 aromatic carbocycles. The fourth-order valence-electron chi connectivity index (χ4n) is 4.07. The molecule has 7 nitrogen and oxygen atoms in total. The lowest BCUT2D eigenvalue weighted by Crippen LogP contribution is -2.29. The molecule has 1 N–H and O–H groups in total. The van der Waals surface area contributed by atoms with Crippen molar-refractivity contribution in [2.45, 2.75) is 6.04 Å². The molecule has 1 aromatic heterocycles. The van der Waals surface area contributed by atoms with E-state index in [0.29, 0.717) is 40.9 Å². The molecule has 5 rings (SSSR count). The van der Waals surface area contributed by atoms with Gasteiger partial charge in [0.05, 0.1) is 24.1 Å². The van der Waals surface area contributed by atoms with E-state index in [1.807, 2.05) is 11.9 Å². The second kappa shape index (κ2) is 7.76. The van der Waals surface area contributed by atoms with Gasteiger partial charge < -0.3 is 19.2 Å². The van der Waals surface area contributed by atoms with E-state index < -0.39 is 17.7 Å². The van der Waals surface area contributed by atoms with Gasteiger partial charge in [-0.1, -0.05) is 11.6 Å². The van der Waals surface area contributed by atoms with Crippen molar-refractivity contribution in [1.82, 2.24) is 0 Å². The smallest absolute Gasteiger partial charge is 0.300 e. The monoisotopic (exact) mass is 450 g/mol. The minimum atomic E-state index is -0.920. The largest absolute Gasteiger partial charge is 0.507 e. The molecule has 3 heterocycles. The Hall–Kier alpha value is -3.71. The van der Waals surface area contributed by atoms with Crippen LogP contribution in [0.2, 0.25) is 5.02 Å². The van der Waals surface area contributed by atoms with Gasteiger partial charge in [0.1, 0.15) is 29.9 Å². The summed E-state index contributed by atoms with van der Waals surface area (Å²) < 4.78 is 11.2. The molecule has 3 aromatic rings. The van der Waals surface area contributed by atoms with Crippen LogP contribution in [-0.2, 0) is 9.59 Å². The number of carbonyl (C=O) groups is 2. The minimum Gasteiger partial charge on any atom is -0.507 e. The maximum Gasteiger partial charge on any atom is 0.300 e. The molecule has 32 heavy (non-hydrogen) atoms. The van der Waals surface area contributed by atoms with Gasteiger partial charge in [0.25, 0.3) is 11.7 Å². The number of hydrogen-bond acceptors (Lipinski definition) is 6. The number of aliphatic hydroxyl groups is 1. The Morgan fingerprint density at radius 1 is 1.12 bits per heavy atom. The first-order valence-electron chi connectivity index (χ1n) is 10.0. The average Bonchev–Trinajstić information content (AvgIpc) is 3.41. The van der Waals surface area contributed by atoms with E-state index in [9.17, 15) is 14.7 Å². The zero-order valence-corrected chi connectivity index (χ0v) is 17.9. The first-order valence-corrected chi connectivity index (χ1v) is 10.4. The molecule has 8 heteroatoms. The van der Waals surface area contributed by atoms with Crippen molar-refractivity contribution in [3.05, 3.63) is 82.8 Å². The number of likely N-dealkylation sites (N-methyl/N-ethyl adjacent to an activating group) is 1. The number of rotatable bonds is 3. The van der Waals surface area contributed by atoms with E-state index in [-0.39, 0.29) is 11.3 Å². The molecule has 1 saturated heterocycles. The van der Waals surface area contributed by atoms with Crippen LogP contribution in [0.3, 0.4) is 0 Å². The lowest BCUT2D eigenvalue weighted by Gasteiger charge is -2.28. The van der Waals surface area contributed by atoms with Gasteiger partial charge in [0.2, 0.25) is 0 Å². The number of benzene rings is 2. The number of ether oxygens (including phenoxy) is 1. The summed E-state index contributed by atoms with van der Waals surface area (Å²) in [4.78, 5) is 29.5. The number of Topliss-reactive ketones (excluding diaryl/α,β-unsaturated/α-hetero) is 1. The lowest BCUT2D eigenvalue weighted by atomic mass is 9.98. The van der Waals surface area contributed by atoms with E-state index >= 15 is 0 Å². The average molecular weight is 451 g/mol. The molecule has 2 aliphatic heterocycles. The Balaban J connectivity index is 1.67. The number of ketones is 1. The van der Waals surface area contributed by atoms with Crippen LogP contribution >= 0.6 is 11.6 Å². The standard InChI is InChI=1S/C24H19ClN2O5/c1-26-10-12-32-18-9-4-14(13-17(18)26)22(28)20-21(19-3-2-11-31-19)27(24(30)23(20)29)16-7-5-15(25)6-8-16/h2-9,11,13,21,28H,10,12H2,1H3/b22-20-. The maximum atomic E-state index is 13.1. The number of furan rings is 1. The van der Waals surface area contributed by atoms with Crippen molar-refractivity contribution in [3.8, 4) is 5.75 Å². The predicted octanol–water partition coefficient (Wildman–Crippen LogP) is 4.39. The van der Waals surface area contributed by atoms with Gasteiger partial charge in [-0.25, -0.2) is 0 Å². The van der Waals surface area contributed by atoms with Crippen LogP contribution < -0.4 is 14.5 Å². The summed E-state index contributed by atoms with van der Waals surface area (Å²) in [6.07, 6.45) is 1.46. The molecule has 162 valence electrons. The highest BCUT2D eigenvalue weighted by molar-refractivity contribution is 6.51. The van der Waals surface area contributed by atoms with Crippen LogP contribution in [0.25, 0.3) is 5.76 Å². The highest BCUT2D eigenvalue weighted by atomic mass is 35.5. The molecule has 2 aliphatic rings. The second-order valence-corrected chi connectivity index (χ2v) is 8.05. The summed E-state index contributed by atoms with van der Waals surface area (Å²) >= 11 is 6.00. The minimum absolute atomic E-state index is 0.0424. The van der Waals surface area contributed by atoms with E-state index in [1.165, 1.54) is 11.2 Å². The molecule has 1 unspecified atom stereocenters. The number of hydrogen-bond donors (Lipinski definition) is 1. The summed E-state index contributed by atoms with van der Waals surface area (Å²) in [6.45, 7) is 1.27. The third kappa shape index (κ3) is 3.22. The number of halogens is 1. The second-order valence-electron chi connectivity index (χ2n) is 7.61. The molecule has 0 aliphatic carbocycles. The van der Waals surface area contributed by atoms with Gasteiger partial charge >= 0.3 is 0 Å². The van der Waals surface area contributed by atoms with Crippen LogP contribution in [0.15, 0.2) is 70.9 Å². The van der Waals surface area contributed by atoms with Crippen molar-refractivity contribution in [2.24, 2.45) is 0 Å². The van der Waals surface area contributed by atoms with Crippen molar-refractivity contribution in [2.75, 3.05) is 30.0 Å². The Kier molecular flexibility index (Phi) is 4.90.